The molecule has 0 N–H and O–H groups in total. The fourth-order valence-corrected chi connectivity index (χ4v) is 0.344. The Bertz CT molecular complexity index is 58.9. The van der Waals surface area contributed by atoms with Gasteiger partial charge in [-0.05, 0) is 0 Å². The van der Waals surface area contributed by atoms with Crippen LogP contribution in [-0.2, 0) is 8.98 Å². The third-order valence-electron chi connectivity index (χ3n) is 0.295. The molecule has 0 aromatic carbocycles. The Morgan fingerprint density at radius 3 is 2.71 bits per heavy atom. The lowest BCUT2D eigenvalue weighted by Gasteiger charge is -1.91. The summed E-state index contributed by atoms with van der Waals surface area (Å²) in [7, 11) is 1.31. The maximum atomic E-state index is 11.6. The van der Waals surface area contributed by atoms with E-state index in [9.17, 15) is 9.18 Å². The van der Waals surface area contributed by atoms with Crippen molar-refractivity contribution in [1.82, 2.24) is 0 Å². The molecule has 0 aromatic rings. The molecule has 0 bridgehead atoms. The zero-order valence-corrected chi connectivity index (χ0v) is 4.57. The first-order valence-electron chi connectivity index (χ1n) is 1.60. The van der Waals surface area contributed by atoms with E-state index in [4.69, 9.17) is 0 Å². The molecule has 0 heterocycles. The van der Waals surface area contributed by atoms with Gasteiger partial charge in [0, 0.05) is 12.0 Å². The molecule has 7 heavy (non-hydrogen) atoms. The summed E-state index contributed by atoms with van der Waals surface area (Å²) in [6.45, 7) is 0. The second kappa shape index (κ2) is 4.08. The van der Waals surface area contributed by atoms with Gasteiger partial charge in [0.05, 0.1) is 7.11 Å². The molecule has 1 atom stereocenters. The van der Waals surface area contributed by atoms with Gasteiger partial charge >= 0.3 is 0 Å². The largest absolute Gasteiger partial charge is 0.315 e. The number of hydrogen-bond donors (Lipinski definition) is 0. The van der Waals surface area contributed by atoms with Gasteiger partial charge in [0.15, 0.2) is 6.29 Å². The number of alkyl halides is 1. The van der Waals surface area contributed by atoms with Gasteiger partial charge in [-0.15, -0.1) is 0 Å². The van der Waals surface area contributed by atoms with Crippen molar-refractivity contribution in [2.45, 2.75) is 5.50 Å². The molecule has 0 fully saturated rings. The quantitative estimate of drug-likeness (QED) is 0.410. The minimum Gasteiger partial charge on any atom is -0.315 e. The van der Waals surface area contributed by atoms with E-state index in [0.29, 0.717) is 12.0 Å². The molecule has 0 rings (SSSR count). The lowest BCUT2D eigenvalue weighted by Crippen LogP contribution is -1.92. The zero-order chi connectivity index (χ0) is 5.70. The van der Waals surface area contributed by atoms with Gasteiger partial charge in [-0.2, -0.15) is 0 Å². The highest BCUT2D eigenvalue weighted by atomic mass is 32.2. The summed E-state index contributed by atoms with van der Waals surface area (Å²) in [6, 6.07) is 0. The highest BCUT2D eigenvalue weighted by Gasteiger charge is 2.00. The van der Waals surface area contributed by atoms with E-state index < -0.39 is 5.50 Å². The lowest BCUT2D eigenvalue weighted by atomic mass is 10.9. The van der Waals surface area contributed by atoms with Gasteiger partial charge in [-0.25, -0.2) is 4.39 Å². The molecule has 4 heteroatoms. The summed E-state index contributed by atoms with van der Waals surface area (Å²) < 4.78 is 15.8. The van der Waals surface area contributed by atoms with Gasteiger partial charge in [0.1, 0.15) is 0 Å². The molecule has 0 aliphatic heterocycles. The average Bonchev–Trinajstić information content (AvgIpc) is 1.68. The molecule has 0 amide bonds. The summed E-state index contributed by atoms with van der Waals surface area (Å²) in [6.07, 6.45) is 0.175. The molecule has 0 aromatic heterocycles. The van der Waals surface area contributed by atoms with Crippen LogP contribution >= 0.6 is 12.0 Å². The Balaban J connectivity index is 2.98. The smallest absolute Gasteiger partial charge is 0.225 e. The Morgan fingerprint density at radius 2 is 2.57 bits per heavy atom. The number of hydrogen-bond acceptors (Lipinski definition) is 3. The monoisotopic (exact) mass is 124 g/mol. The van der Waals surface area contributed by atoms with Crippen molar-refractivity contribution in [2.24, 2.45) is 0 Å². The third-order valence-corrected chi connectivity index (χ3v) is 0.783. The van der Waals surface area contributed by atoms with Crippen LogP contribution in [0.4, 0.5) is 4.39 Å². The van der Waals surface area contributed by atoms with E-state index in [1.807, 2.05) is 0 Å². The van der Waals surface area contributed by atoms with Crippen LogP contribution in [0.3, 0.4) is 0 Å². The van der Waals surface area contributed by atoms with Crippen molar-refractivity contribution in [3.63, 3.8) is 0 Å². The number of carbonyl (C=O) groups excluding carboxylic acids is 1. The van der Waals surface area contributed by atoms with Gasteiger partial charge in [-0.1, -0.05) is 0 Å². The van der Waals surface area contributed by atoms with E-state index in [1.165, 1.54) is 7.11 Å². The van der Waals surface area contributed by atoms with Crippen molar-refractivity contribution >= 4 is 18.3 Å². The zero-order valence-electron chi connectivity index (χ0n) is 3.76. The third kappa shape index (κ3) is 3.75. The highest BCUT2D eigenvalue weighted by Crippen LogP contribution is 2.07. The molecule has 42 valence electrons. The van der Waals surface area contributed by atoms with Crippen molar-refractivity contribution in [2.75, 3.05) is 7.11 Å². The van der Waals surface area contributed by atoms with Gasteiger partial charge in [0.2, 0.25) is 5.50 Å². The number of carbonyl (C=O) groups is 1. The number of halogens is 1. The summed E-state index contributed by atoms with van der Waals surface area (Å²) in [5.41, 5.74) is -1.54. The highest BCUT2D eigenvalue weighted by molar-refractivity contribution is 7.95. The van der Waals surface area contributed by atoms with E-state index in [1.54, 1.807) is 0 Å². The minimum atomic E-state index is -1.54. The first kappa shape index (κ1) is 6.91. The maximum absolute atomic E-state index is 11.6. The van der Waals surface area contributed by atoms with Gasteiger partial charge in [0.25, 0.3) is 0 Å². The number of aldehydes is 1. The molecule has 2 nitrogen and oxygen atoms in total. The molecule has 0 saturated carbocycles. The Labute approximate surface area is 45.2 Å². The van der Waals surface area contributed by atoms with Crippen LogP contribution in [0.5, 0.6) is 0 Å². The van der Waals surface area contributed by atoms with Crippen LogP contribution in [0.2, 0.25) is 0 Å². The second-order valence-electron chi connectivity index (χ2n) is 0.750. The first-order chi connectivity index (χ1) is 3.31. The van der Waals surface area contributed by atoms with Crippen molar-refractivity contribution in [3.05, 3.63) is 0 Å². The van der Waals surface area contributed by atoms with Crippen LogP contribution in [0.1, 0.15) is 0 Å². The normalized spacial score (nSPS) is 13.4. The fraction of sp³-hybridized carbons (Fsp3) is 0.667. The van der Waals surface area contributed by atoms with Crippen LogP contribution < -0.4 is 0 Å². The van der Waals surface area contributed by atoms with Crippen LogP contribution in [0.25, 0.3) is 0 Å². The number of rotatable bonds is 3. The fourth-order valence-electron chi connectivity index (χ4n) is 0.115. The SMILES string of the molecule is COSC(F)C=O. The van der Waals surface area contributed by atoms with E-state index in [-0.39, 0.29) is 6.29 Å². The van der Waals surface area contributed by atoms with Gasteiger partial charge in [-0.3, -0.25) is 4.79 Å². The molecule has 1 unspecified atom stereocenters. The standard InChI is InChI=1S/C3H5FO2S/c1-6-7-3(4)2-5/h2-3H,1H3. The van der Waals surface area contributed by atoms with Crippen molar-refractivity contribution in [3.8, 4) is 0 Å². The second-order valence-corrected chi connectivity index (χ2v) is 1.73. The molecule has 0 aliphatic rings. The molecule has 0 aliphatic carbocycles. The van der Waals surface area contributed by atoms with Crippen LogP contribution in [-0.4, -0.2) is 18.9 Å². The first-order valence-corrected chi connectivity index (χ1v) is 2.40. The van der Waals surface area contributed by atoms with Crippen molar-refractivity contribution in [1.29, 1.82) is 0 Å². The van der Waals surface area contributed by atoms with Gasteiger partial charge < -0.3 is 4.18 Å². The minimum absolute atomic E-state index is 0.175. The van der Waals surface area contributed by atoms with Crippen molar-refractivity contribution < 1.29 is 13.4 Å². The maximum Gasteiger partial charge on any atom is 0.225 e. The summed E-state index contributed by atoms with van der Waals surface area (Å²) >= 11 is 0.497. The summed E-state index contributed by atoms with van der Waals surface area (Å²) in [5.74, 6) is 0. The predicted octanol–water partition coefficient (Wildman–Crippen LogP) is 0.776. The topological polar surface area (TPSA) is 26.3 Å². The van der Waals surface area contributed by atoms with Crippen LogP contribution in [0, 0.1) is 0 Å². The molecule has 0 radical (unpaired) electrons. The Kier molecular flexibility index (Phi) is 4.03. The summed E-state index contributed by atoms with van der Waals surface area (Å²) in [4.78, 5) is 9.42. The predicted molar refractivity (Wildman–Crippen MR) is 25.6 cm³/mol. The lowest BCUT2D eigenvalue weighted by molar-refractivity contribution is -0.109. The molecular weight excluding hydrogens is 119 g/mol. The Morgan fingerprint density at radius 1 is 2.00 bits per heavy atom. The van der Waals surface area contributed by atoms with E-state index in [0.717, 1.165) is 0 Å². The molecule has 0 saturated heterocycles. The summed E-state index contributed by atoms with van der Waals surface area (Å²) in [5, 5.41) is 0. The molecular formula is C3H5FO2S. The van der Waals surface area contributed by atoms with E-state index >= 15 is 0 Å². The van der Waals surface area contributed by atoms with Crippen LogP contribution in [0.15, 0.2) is 0 Å². The molecule has 0 spiro atoms. The Hall–Kier alpha value is -0.0900. The average molecular weight is 124 g/mol. The van der Waals surface area contributed by atoms with E-state index in [2.05, 4.69) is 4.18 Å².